The summed E-state index contributed by atoms with van der Waals surface area (Å²) in [4.78, 5) is 9.36. The first-order valence-electron chi connectivity index (χ1n) is 14.0. The maximum absolute atomic E-state index is 9.24. The van der Waals surface area contributed by atoms with Crippen LogP contribution in [0, 0.1) is 22.7 Å². The van der Waals surface area contributed by atoms with Gasteiger partial charge in [0.15, 0.2) is 0 Å². The first kappa shape index (κ1) is 26.0. The minimum atomic E-state index is -0.278. The van der Waals surface area contributed by atoms with Crippen LogP contribution in [0.1, 0.15) is 54.8 Å². The first-order valence-corrected chi connectivity index (χ1v) is 14.8. The van der Waals surface area contributed by atoms with Crippen molar-refractivity contribution in [2.24, 2.45) is 0 Å². The highest BCUT2D eigenvalue weighted by atomic mass is 32.1. The van der Waals surface area contributed by atoms with Crippen LogP contribution in [0.5, 0.6) is 0 Å². The van der Waals surface area contributed by atoms with Crippen LogP contribution in [0.15, 0.2) is 96.7 Å². The molecule has 0 radical (unpaired) electrons. The molecule has 0 saturated carbocycles. The van der Waals surface area contributed by atoms with Gasteiger partial charge in [0.25, 0.3) is 0 Å². The predicted octanol–water partition coefficient (Wildman–Crippen LogP) is 9.66. The average Bonchev–Trinajstić information content (AvgIpc) is 3.60. The Balaban J connectivity index is 1.36. The van der Waals surface area contributed by atoms with E-state index in [-0.39, 0.29) is 16.4 Å². The normalized spacial score (nSPS) is 14.5. The third kappa shape index (κ3) is 3.75. The minimum Gasteiger partial charge on any atom is -0.309 e. The van der Waals surface area contributed by atoms with Gasteiger partial charge in [0, 0.05) is 27.1 Å². The Bertz CT molecular complexity index is 2000. The van der Waals surface area contributed by atoms with Gasteiger partial charge in [0.1, 0.15) is 17.7 Å². The summed E-state index contributed by atoms with van der Waals surface area (Å²) in [7, 11) is 0. The molecule has 3 aromatic carbocycles. The number of hydrogen-bond donors (Lipinski definition) is 0. The van der Waals surface area contributed by atoms with E-state index < -0.39 is 0 Å². The van der Waals surface area contributed by atoms with Gasteiger partial charge in [-0.05, 0) is 75.9 Å². The molecule has 0 amide bonds. The zero-order valence-corrected chi connectivity index (χ0v) is 24.8. The summed E-state index contributed by atoms with van der Waals surface area (Å²) in [5.41, 5.74) is 11.5. The molecule has 0 saturated heterocycles. The van der Waals surface area contributed by atoms with Crippen molar-refractivity contribution in [3.8, 4) is 33.8 Å². The fourth-order valence-electron chi connectivity index (χ4n) is 6.59. The van der Waals surface area contributed by atoms with Gasteiger partial charge in [-0.25, -0.2) is 0 Å². The molecule has 0 spiro atoms. The predicted molar refractivity (Wildman–Crippen MR) is 171 cm³/mol. The van der Waals surface area contributed by atoms with Crippen LogP contribution < -0.4 is 4.90 Å². The number of aromatic nitrogens is 1. The molecular weight excluding hydrogens is 533 g/mol. The lowest BCUT2D eigenvalue weighted by molar-refractivity contribution is 0.660. The van der Waals surface area contributed by atoms with E-state index in [2.05, 4.69) is 111 Å². The van der Waals surface area contributed by atoms with Crippen LogP contribution in [0.3, 0.4) is 0 Å². The highest BCUT2D eigenvalue weighted by Crippen LogP contribution is 2.54. The van der Waals surface area contributed by atoms with Crippen LogP contribution in [0.25, 0.3) is 27.8 Å². The maximum atomic E-state index is 9.24. The number of nitriles is 2. The van der Waals surface area contributed by atoms with E-state index in [4.69, 9.17) is 4.98 Å². The molecule has 2 aromatic heterocycles. The number of thiophene rings is 1. The van der Waals surface area contributed by atoms with E-state index in [0.29, 0.717) is 0 Å². The number of pyridine rings is 1. The largest absolute Gasteiger partial charge is 0.309 e. The molecule has 5 heteroatoms. The van der Waals surface area contributed by atoms with Gasteiger partial charge in [-0.1, -0.05) is 76.2 Å². The van der Waals surface area contributed by atoms with E-state index in [9.17, 15) is 10.5 Å². The van der Waals surface area contributed by atoms with Crippen LogP contribution in [-0.2, 0) is 10.8 Å². The standard InChI is InChI=1S/C37H28N4S/c1-36(2)30-13-9-8-12-28(30)29-15-14-25(17-31(29)36)41(24-10-6-5-7-11-24)26-18-32-34(40-22-26)35-33(37(32,3)4)19-27(42-35)16-23(20-38)21-39/h5-19,22H,1-4H3. The van der Waals surface area contributed by atoms with Crippen molar-refractivity contribution >= 4 is 34.5 Å². The van der Waals surface area contributed by atoms with Crippen molar-refractivity contribution in [1.29, 1.82) is 10.5 Å². The second-order valence-corrected chi connectivity index (χ2v) is 13.0. The Morgan fingerprint density at radius 1 is 0.714 bits per heavy atom. The Labute approximate surface area is 250 Å². The monoisotopic (exact) mass is 560 g/mol. The first-order chi connectivity index (χ1) is 20.2. The van der Waals surface area contributed by atoms with Gasteiger partial charge in [-0.2, -0.15) is 10.5 Å². The van der Waals surface area contributed by atoms with Crippen LogP contribution in [-0.4, -0.2) is 4.98 Å². The molecule has 2 aliphatic rings. The molecule has 7 rings (SSSR count). The molecule has 5 aromatic rings. The lowest BCUT2D eigenvalue weighted by Crippen LogP contribution is -2.18. The minimum absolute atomic E-state index is 0.0974. The van der Waals surface area contributed by atoms with Crippen LogP contribution in [0.2, 0.25) is 0 Å². The van der Waals surface area contributed by atoms with E-state index in [1.54, 1.807) is 17.4 Å². The molecule has 0 atom stereocenters. The molecule has 0 N–H and O–H groups in total. The summed E-state index contributed by atoms with van der Waals surface area (Å²) in [5.74, 6) is 0. The van der Waals surface area contributed by atoms with Crippen molar-refractivity contribution in [3.63, 3.8) is 0 Å². The highest BCUT2D eigenvalue weighted by Gasteiger charge is 2.39. The number of anilines is 3. The molecule has 2 heterocycles. The molecule has 0 fully saturated rings. The van der Waals surface area contributed by atoms with Crippen molar-refractivity contribution in [2.45, 2.75) is 38.5 Å². The SMILES string of the molecule is CC1(C)c2ccccc2-c2ccc(N(c3ccccc3)c3cnc4c(c3)C(C)(C)c3cc(C=C(C#N)C#N)sc3-4)cc21. The Morgan fingerprint density at radius 2 is 1.38 bits per heavy atom. The molecule has 0 aliphatic heterocycles. The summed E-state index contributed by atoms with van der Waals surface area (Å²) >= 11 is 1.59. The summed E-state index contributed by atoms with van der Waals surface area (Å²) in [6, 6.07) is 34.3. The number of benzene rings is 3. The Morgan fingerprint density at radius 3 is 2.14 bits per heavy atom. The van der Waals surface area contributed by atoms with Gasteiger partial charge in [0.05, 0.1) is 22.5 Å². The molecule has 0 unspecified atom stereocenters. The third-order valence-corrected chi connectivity index (χ3v) is 9.90. The molecule has 0 bridgehead atoms. The zero-order valence-electron chi connectivity index (χ0n) is 23.9. The topological polar surface area (TPSA) is 63.7 Å². The average molecular weight is 561 g/mol. The fraction of sp³-hybridized carbons (Fsp3) is 0.162. The smallest absolute Gasteiger partial charge is 0.131 e. The van der Waals surface area contributed by atoms with Gasteiger partial charge >= 0.3 is 0 Å². The van der Waals surface area contributed by atoms with Crippen molar-refractivity contribution in [3.05, 3.63) is 124 Å². The van der Waals surface area contributed by atoms with Gasteiger partial charge in [0.2, 0.25) is 0 Å². The molecule has 42 heavy (non-hydrogen) atoms. The van der Waals surface area contributed by atoms with Crippen molar-refractivity contribution in [1.82, 2.24) is 4.98 Å². The quantitative estimate of drug-likeness (QED) is 0.205. The second kappa shape index (κ2) is 9.28. The molecule has 202 valence electrons. The van der Waals surface area contributed by atoms with E-state index in [1.807, 2.05) is 24.4 Å². The van der Waals surface area contributed by atoms with Gasteiger partial charge in [-0.3, -0.25) is 4.98 Å². The lowest BCUT2D eigenvalue weighted by atomic mass is 9.82. The van der Waals surface area contributed by atoms with Crippen LogP contribution >= 0.6 is 11.3 Å². The Hall–Kier alpha value is -4.97. The number of nitrogens with zero attached hydrogens (tertiary/aromatic N) is 4. The molecular formula is C37H28N4S. The maximum Gasteiger partial charge on any atom is 0.131 e. The van der Waals surface area contributed by atoms with Crippen molar-refractivity contribution < 1.29 is 0 Å². The zero-order chi connectivity index (χ0) is 29.2. The highest BCUT2D eigenvalue weighted by molar-refractivity contribution is 7.16. The summed E-state index contributed by atoms with van der Waals surface area (Å²) < 4.78 is 0. The molecule has 4 nitrogen and oxygen atoms in total. The lowest BCUT2D eigenvalue weighted by Gasteiger charge is -2.29. The number of fused-ring (bicyclic) bond motifs is 6. The number of rotatable bonds is 4. The second-order valence-electron chi connectivity index (χ2n) is 12.0. The van der Waals surface area contributed by atoms with E-state index in [1.165, 1.54) is 33.4 Å². The number of hydrogen-bond acceptors (Lipinski definition) is 5. The van der Waals surface area contributed by atoms with Crippen molar-refractivity contribution in [2.75, 3.05) is 4.90 Å². The third-order valence-electron chi connectivity index (χ3n) is 8.81. The summed E-state index contributed by atoms with van der Waals surface area (Å²) in [6.45, 7) is 9.07. The molecule has 2 aliphatic carbocycles. The van der Waals surface area contributed by atoms with Gasteiger partial charge in [-0.15, -0.1) is 11.3 Å². The van der Waals surface area contributed by atoms with Gasteiger partial charge < -0.3 is 4.90 Å². The van der Waals surface area contributed by atoms with Crippen LogP contribution in [0.4, 0.5) is 17.1 Å². The summed E-state index contributed by atoms with van der Waals surface area (Å²) in [6.07, 6.45) is 3.63. The van der Waals surface area contributed by atoms with E-state index in [0.717, 1.165) is 32.5 Å². The number of para-hydroxylation sites is 1. The Kier molecular flexibility index (Phi) is 5.74. The summed E-state index contributed by atoms with van der Waals surface area (Å²) in [5, 5.41) is 18.5. The fourth-order valence-corrected chi connectivity index (χ4v) is 7.86. The van der Waals surface area contributed by atoms with E-state index >= 15 is 0 Å². The number of allylic oxidation sites excluding steroid dienone is 1.